The summed E-state index contributed by atoms with van der Waals surface area (Å²) in [5.41, 5.74) is 0. The van der Waals surface area contributed by atoms with E-state index in [2.05, 4.69) is 23.2 Å². The van der Waals surface area contributed by atoms with Crippen molar-refractivity contribution >= 4 is 47.8 Å². The number of nitrogens with zero attached hydrogens (tertiary/aromatic N) is 1. The van der Waals surface area contributed by atoms with Crippen LogP contribution in [0.3, 0.4) is 0 Å². The second-order valence-corrected chi connectivity index (χ2v) is 6.33. The summed E-state index contributed by atoms with van der Waals surface area (Å²) in [5, 5.41) is 3.42. The highest BCUT2D eigenvalue weighted by Gasteiger charge is 2.22. The molecule has 1 aromatic rings. The van der Waals surface area contributed by atoms with Crippen molar-refractivity contribution in [2.45, 2.75) is 32.2 Å². The molecule has 0 saturated carbocycles. The predicted molar refractivity (Wildman–Crippen MR) is 90.5 cm³/mol. The van der Waals surface area contributed by atoms with Gasteiger partial charge in [0, 0.05) is 37.1 Å². The second-order valence-electron chi connectivity index (χ2n) is 4.59. The number of halogens is 3. The molecule has 0 amide bonds. The summed E-state index contributed by atoms with van der Waals surface area (Å²) in [7, 11) is 0. The summed E-state index contributed by atoms with van der Waals surface area (Å²) < 4.78 is 0.914. The SMILES string of the molecule is CCCC[C@@H](c1ccc(Cl)s1)N1CCNCC1.Cl.Cl. The first kappa shape index (κ1) is 19.5. The van der Waals surface area contributed by atoms with Crippen LogP contribution in [-0.4, -0.2) is 31.1 Å². The molecule has 0 radical (unpaired) electrons. The molecule has 1 fully saturated rings. The molecule has 0 bridgehead atoms. The van der Waals surface area contributed by atoms with Crippen LogP contribution in [0.25, 0.3) is 0 Å². The van der Waals surface area contributed by atoms with Gasteiger partial charge in [-0.05, 0) is 18.6 Å². The molecule has 1 aliphatic rings. The number of hydrogen-bond donors (Lipinski definition) is 1. The van der Waals surface area contributed by atoms with Crippen molar-refractivity contribution in [3.63, 3.8) is 0 Å². The van der Waals surface area contributed by atoms with Gasteiger partial charge in [0.2, 0.25) is 0 Å². The van der Waals surface area contributed by atoms with Crippen LogP contribution in [0.15, 0.2) is 12.1 Å². The first-order valence-electron chi connectivity index (χ1n) is 6.51. The molecule has 0 unspecified atom stereocenters. The minimum Gasteiger partial charge on any atom is -0.314 e. The Kier molecular flexibility index (Phi) is 10.5. The molecule has 1 N–H and O–H groups in total. The van der Waals surface area contributed by atoms with Crippen molar-refractivity contribution in [2.75, 3.05) is 26.2 Å². The first-order valence-corrected chi connectivity index (χ1v) is 7.70. The van der Waals surface area contributed by atoms with E-state index in [0.29, 0.717) is 6.04 Å². The Morgan fingerprint density at radius 3 is 2.53 bits per heavy atom. The Labute approximate surface area is 137 Å². The third-order valence-electron chi connectivity index (χ3n) is 3.35. The summed E-state index contributed by atoms with van der Waals surface area (Å²) in [5.74, 6) is 0. The lowest BCUT2D eigenvalue weighted by atomic mass is 10.1. The molecule has 2 heterocycles. The normalized spacial score (nSPS) is 17.4. The minimum absolute atomic E-state index is 0. The van der Waals surface area contributed by atoms with Crippen LogP contribution in [-0.2, 0) is 0 Å². The van der Waals surface area contributed by atoms with Crippen molar-refractivity contribution in [1.29, 1.82) is 0 Å². The molecule has 1 aromatic heterocycles. The van der Waals surface area contributed by atoms with Crippen LogP contribution in [0.1, 0.15) is 37.1 Å². The standard InChI is InChI=1S/C13H21ClN2S.2ClH/c1-2-3-4-11(12-5-6-13(14)17-12)16-9-7-15-8-10-16;;/h5-6,11,15H,2-4,7-10H2,1H3;2*1H/t11-;;/m0../s1. The second kappa shape index (κ2) is 10.3. The Morgan fingerprint density at radius 1 is 1.32 bits per heavy atom. The van der Waals surface area contributed by atoms with Gasteiger partial charge in [0.25, 0.3) is 0 Å². The largest absolute Gasteiger partial charge is 0.314 e. The monoisotopic (exact) mass is 344 g/mol. The molecule has 1 aliphatic heterocycles. The number of nitrogens with one attached hydrogen (secondary N) is 1. The van der Waals surface area contributed by atoms with Gasteiger partial charge in [-0.1, -0.05) is 31.4 Å². The van der Waals surface area contributed by atoms with Gasteiger partial charge in [-0.15, -0.1) is 36.2 Å². The number of unbranched alkanes of at least 4 members (excludes halogenated alkanes) is 1. The predicted octanol–water partition coefficient (Wildman–Crippen LogP) is 4.38. The molecule has 19 heavy (non-hydrogen) atoms. The van der Waals surface area contributed by atoms with Crippen LogP contribution in [0, 0.1) is 0 Å². The highest BCUT2D eigenvalue weighted by atomic mass is 35.5. The van der Waals surface area contributed by atoms with Gasteiger partial charge in [0.05, 0.1) is 4.34 Å². The van der Waals surface area contributed by atoms with Crippen molar-refractivity contribution in [3.05, 3.63) is 21.3 Å². The summed E-state index contributed by atoms with van der Waals surface area (Å²) in [6, 6.07) is 4.81. The fraction of sp³-hybridized carbons (Fsp3) is 0.692. The maximum absolute atomic E-state index is 6.07. The number of thiophene rings is 1. The first-order chi connectivity index (χ1) is 8.31. The van der Waals surface area contributed by atoms with E-state index in [1.54, 1.807) is 11.3 Å². The highest BCUT2D eigenvalue weighted by molar-refractivity contribution is 7.16. The van der Waals surface area contributed by atoms with Crippen LogP contribution in [0.4, 0.5) is 0 Å². The lowest BCUT2D eigenvalue weighted by molar-refractivity contribution is 0.165. The third-order valence-corrected chi connectivity index (χ3v) is 4.68. The fourth-order valence-electron chi connectivity index (χ4n) is 2.40. The zero-order valence-electron chi connectivity index (χ0n) is 11.2. The number of piperazine rings is 1. The van der Waals surface area contributed by atoms with E-state index in [9.17, 15) is 0 Å². The van der Waals surface area contributed by atoms with Crippen molar-refractivity contribution in [3.8, 4) is 0 Å². The van der Waals surface area contributed by atoms with Crippen molar-refractivity contribution < 1.29 is 0 Å². The average Bonchev–Trinajstić information content (AvgIpc) is 2.78. The third kappa shape index (κ3) is 5.78. The van der Waals surface area contributed by atoms with E-state index in [1.165, 1.54) is 24.1 Å². The van der Waals surface area contributed by atoms with Gasteiger partial charge in [-0.25, -0.2) is 0 Å². The van der Waals surface area contributed by atoms with E-state index >= 15 is 0 Å². The maximum atomic E-state index is 6.07. The van der Waals surface area contributed by atoms with Gasteiger partial charge < -0.3 is 5.32 Å². The molecular formula is C13H23Cl3N2S. The van der Waals surface area contributed by atoms with Crippen LogP contribution >= 0.6 is 47.8 Å². The van der Waals surface area contributed by atoms with Crippen LogP contribution in [0.2, 0.25) is 4.34 Å². The summed E-state index contributed by atoms with van der Waals surface area (Å²) in [4.78, 5) is 4.04. The Balaban J connectivity index is 0.00000162. The Morgan fingerprint density at radius 2 is 2.00 bits per heavy atom. The number of rotatable bonds is 5. The van der Waals surface area contributed by atoms with E-state index < -0.39 is 0 Å². The van der Waals surface area contributed by atoms with Gasteiger partial charge in [-0.2, -0.15) is 0 Å². The summed E-state index contributed by atoms with van der Waals surface area (Å²) in [6.45, 7) is 6.80. The molecule has 0 spiro atoms. The molecule has 0 aliphatic carbocycles. The lowest BCUT2D eigenvalue weighted by Crippen LogP contribution is -2.45. The zero-order chi connectivity index (χ0) is 12.1. The van der Waals surface area contributed by atoms with E-state index in [-0.39, 0.29) is 24.8 Å². The van der Waals surface area contributed by atoms with Gasteiger partial charge >= 0.3 is 0 Å². The molecule has 6 heteroatoms. The van der Waals surface area contributed by atoms with Crippen molar-refractivity contribution in [1.82, 2.24) is 10.2 Å². The van der Waals surface area contributed by atoms with Crippen LogP contribution in [0.5, 0.6) is 0 Å². The Hall–Kier alpha value is 0.490. The van der Waals surface area contributed by atoms with Gasteiger partial charge in [0.15, 0.2) is 0 Å². The fourth-order valence-corrected chi connectivity index (χ4v) is 3.63. The molecule has 1 saturated heterocycles. The summed E-state index contributed by atoms with van der Waals surface area (Å²) in [6.07, 6.45) is 3.82. The molecule has 112 valence electrons. The number of hydrogen-bond acceptors (Lipinski definition) is 3. The zero-order valence-corrected chi connectivity index (χ0v) is 14.4. The van der Waals surface area contributed by atoms with E-state index in [4.69, 9.17) is 11.6 Å². The van der Waals surface area contributed by atoms with E-state index in [1.807, 2.05) is 6.07 Å². The molecule has 1 atom stereocenters. The van der Waals surface area contributed by atoms with Gasteiger partial charge in [0.1, 0.15) is 0 Å². The Bertz CT molecular complexity index is 340. The molecule has 2 rings (SSSR count). The average molecular weight is 346 g/mol. The van der Waals surface area contributed by atoms with Gasteiger partial charge in [-0.3, -0.25) is 4.90 Å². The maximum Gasteiger partial charge on any atom is 0.0931 e. The van der Waals surface area contributed by atoms with E-state index in [0.717, 1.165) is 30.5 Å². The molecule has 2 nitrogen and oxygen atoms in total. The lowest BCUT2D eigenvalue weighted by Gasteiger charge is -2.34. The molecular weight excluding hydrogens is 323 g/mol. The topological polar surface area (TPSA) is 15.3 Å². The van der Waals surface area contributed by atoms with Crippen LogP contribution < -0.4 is 5.32 Å². The smallest absolute Gasteiger partial charge is 0.0931 e. The highest BCUT2D eigenvalue weighted by Crippen LogP contribution is 2.33. The molecule has 0 aromatic carbocycles. The summed E-state index contributed by atoms with van der Waals surface area (Å²) >= 11 is 7.81. The minimum atomic E-state index is 0. The quantitative estimate of drug-likeness (QED) is 0.852. The van der Waals surface area contributed by atoms with Crippen molar-refractivity contribution in [2.24, 2.45) is 0 Å².